The van der Waals surface area contributed by atoms with E-state index in [1.54, 1.807) is 24.5 Å². The van der Waals surface area contributed by atoms with Crippen LogP contribution in [0.1, 0.15) is 18.0 Å². The van der Waals surface area contributed by atoms with Crippen molar-refractivity contribution in [2.24, 2.45) is 5.92 Å². The van der Waals surface area contributed by atoms with Crippen LogP contribution in [0.3, 0.4) is 0 Å². The summed E-state index contributed by atoms with van der Waals surface area (Å²) in [6, 6.07) is 3.20. The van der Waals surface area contributed by atoms with Crippen molar-refractivity contribution in [1.29, 1.82) is 0 Å². The van der Waals surface area contributed by atoms with E-state index in [2.05, 4.69) is 10.3 Å². The average molecular weight is 208 g/mol. The maximum Gasteiger partial charge on any atom is 0.308 e. The lowest BCUT2D eigenvalue weighted by atomic mass is 9.95. The van der Waals surface area contributed by atoms with Crippen molar-refractivity contribution >= 4 is 5.97 Å². The molecule has 2 heterocycles. The van der Waals surface area contributed by atoms with Gasteiger partial charge in [0.25, 0.3) is 0 Å². The Kier molecular flexibility index (Phi) is 2.66. The van der Waals surface area contributed by atoms with E-state index in [0.717, 1.165) is 5.56 Å². The molecule has 2 rings (SSSR count). The Morgan fingerprint density at radius 2 is 2.40 bits per heavy atom. The highest BCUT2D eigenvalue weighted by molar-refractivity contribution is 5.71. The van der Waals surface area contributed by atoms with Crippen LogP contribution < -0.4 is 5.32 Å². The van der Waals surface area contributed by atoms with Gasteiger partial charge in [0.15, 0.2) is 0 Å². The summed E-state index contributed by atoms with van der Waals surface area (Å²) in [6.45, 7) is 0. The lowest BCUT2D eigenvalue weighted by molar-refractivity contribution is -0.142. The lowest BCUT2D eigenvalue weighted by Gasteiger charge is -2.15. The molecule has 0 bridgehead atoms. The first-order chi connectivity index (χ1) is 7.18. The molecule has 15 heavy (non-hydrogen) atoms. The summed E-state index contributed by atoms with van der Waals surface area (Å²) in [5, 5.41) is 21.2. The van der Waals surface area contributed by atoms with Gasteiger partial charge < -0.3 is 10.2 Å². The van der Waals surface area contributed by atoms with Crippen LogP contribution in [0, 0.1) is 5.92 Å². The molecule has 1 aliphatic heterocycles. The van der Waals surface area contributed by atoms with E-state index in [1.807, 2.05) is 0 Å². The number of aliphatic hydroxyl groups is 1. The van der Waals surface area contributed by atoms with Gasteiger partial charge in [0.2, 0.25) is 0 Å². The molecule has 3 N–H and O–H groups in total. The van der Waals surface area contributed by atoms with Crippen LogP contribution in [0.4, 0.5) is 0 Å². The number of carbonyl (C=O) groups is 1. The molecule has 0 saturated carbocycles. The Bertz CT molecular complexity index is 355. The number of hydrogen-bond acceptors (Lipinski definition) is 4. The van der Waals surface area contributed by atoms with Crippen LogP contribution in [0.5, 0.6) is 0 Å². The fourth-order valence-electron chi connectivity index (χ4n) is 1.90. The summed E-state index contributed by atoms with van der Waals surface area (Å²) in [6.07, 6.45) is 2.72. The third-order valence-corrected chi connectivity index (χ3v) is 2.61. The minimum Gasteiger partial charge on any atom is -0.481 e. The quantitative estimate of drug-likeness (QED) is 0.643. The fourth-order valence-corrected chi connectivity index (χ4v) is 1.90. The van der Waals surface area contributed by atoms with Gasteiger partial charge in [-0.05, 0) is 11.6 Å². The molecular weight excluding hydrogens is 196 g/mol. The molecule has 80 valence electrons. The van der Waals surface area contributed by atoms with E-state index < -0.39 is 18.1 Å². The second kappa shape index (κ2) is 3.96. The zero-order chi connectivity index (χ0) is 10.8. The van der Waals surface area contributed by atoms with Crippen molar-refractivity contribution < 1.29 is 15.0 Å². The number of hydrogen-bond donors (Lipinski definition) is 3. The number of aromatic nitrogens is 1. The van der Waals surface area contributed by atoms with Gasteiger partial charge in [0.1, 0.15) is 6.23 Å². The van der Waals surface area contributed by atoms with Crippen molar-refractivity contribution in [3.05, 3.63) is 30.1 Å². The normalized spacial score (nSPS) is 30.3. The monoisotopic (exact) mass is 208 g/mol. The summed E-state index contributed by atoms with van der Waals surface area (Å²) in [4.78, 5) is 14.9. The Labute approximate surface area is 86.8 Å². The third-order valence-electron chi connectivity index (χ3n) is 2.61. The largest absolute Gasteiger partial charge is 0.481 e. The van der Waals surface area contributed by atoms with Crippen molar-refractivity contribution in [2.75, 3.05) is 0 Å². The van der Waals surface area contributed by atoms with Gasteiger partial charge in [0.05, 0.1) is 5.92 Å². The summed E-state index contributed by atoms with van der Waals surface area (Å²) in [7, 11) is 0. The molecule has 0 radical (unpaired) electrons. The van der Waals surface area contributed by atoms with Gasteiger partial charge in [-0.3, -0.25) is 15.1 Å². The molecule has 1 aromatic heterocycles. The zero-order valence-corrected chi connectivity index (χ0v) is 8.00. The molecule has 3 unspecified atom stereocenters. The molecule has 0 amide bonds. The van der Waals surface area contributed by atoms with E-state index in [4.69, 9.17) is 5.11 Å². The first kappa shape index (κ1) is 10.1. The number of aliphatic carboxylic acids is 1. The number of pyridine rings is 1. The summed E-state index contributed by atoms with van der Waals surface area (Å²) in [5.41, 5.74) is 0.793. The number of carboxylic acids is 1. The zero-order valence-electron chi connectivity index (χ0n) is 8.00. The predicted octanol–water partition coefficient (Wildman–Crippen LogP) is 0.135. The number of nitrogens with one attached hydrogen (secondary N) is 1. The second-order valence-electron chi connectivity index (χ2n) is 3.63. The van der Waals surface area contributed by atoms with E-state index >= 15 is 0 Å². The number of aliphatic hydroxyl groups excluding tert-OH is 1. The summed E-state index contributed by atoms with van der Waals surface area (Å²) < 4.78 is 0. The Balaban J connectivity index is 2.24. The lowest BCUT2D eigenvalue weighted by Crippen LogP contribution is -2.26. The molecule has 0 aliphatic carbocycles. The molecule has 5 nitrogen and oxygen atoms in total. The summed E-state index contributed by atoms with van der Waals surface area (Å²) >= 11 is 0. The van der Waals surface area contributed by atoms with Gasteiger partial charge in [-0.25, -0.2) is 0 Å². The SMILES string of the molecule is O=C(O)C1CC(O)NC1c1cccnc1. The number of nitrogens with zero attached hydrogens (tertiary/aromatic N) is 1. The van der Waals surface area contributed by atoms with Crippen LogP contribution in [0.2, 0.25) is 0 Å². The maximum atomic E-state index is 11.0. The van der Waals surface area contributed by atoms with Crippen LogP contribution in [-0.4, -0.2) is 27.4 Å². The molecule has 3 atom stereocenters. The van der Waals surface area contributed by atoms with Crippen molar-refractivity contribution in [1.82, 2.24) is 10.3 Å². The molecule has 0 aromatic carbocycles. The molecule has 0 spiro atoms. The molecular formula is C10H12N2O3. The topological polar surface area (TPSA) is 82.5 Å². The van der Waals surface area contributed by atoms with E-state index in [9.17, 15) is 9.90 Å². The van der Waals surface area contributed by atoms with E-state index in [0.29, 0.717) is 0 Å². The maximum absolute atomic E-state index is 11.0. The molecule has 1 saturated heterocycles. The van der Waals surface area contributed by atoms with Gasteiger partial charge in [-0.15, -0.1) is 0 Å². The van der Waals surface area contributed by atoms with Crippen LogP contribution in [-0.2, 0) is 4.79 Å². The first-order valence-electron chi connectivity index (χ1n) is 4.75. The average Bonchev–Trinajstić information content (AvgIpc) is 2.62. The van der Waals surface area contributed by atoms with E-state index in [-0.39, 0.29) is 12.5 Å². The molecule has 1 aromatic rings. The number of rotatable bonds is 2. The highest BCUT2D eigenvalue weighted by atomic mass is 16.4. The van der Waals surface area contributed by atoms with Gasteiger partial charge in [0, 0.05) is 24.9 Å². The Morgan fingerprint density at radius 3 is 3.00 bits per heavy atom. The van der Waals surface area contributed by atoms with Crippen molar-refractivity contribution in [3.8, 4) is 0 Å². The van der Waals surface area contributed by atoms with Crippen LogP contribution in [0.15, 0.2) is 24.5 Å². The molecule has 1 fully saturated rings. The van der Waals surface area contributed by atoms with Gasteiger partial charge in [-0.2, -0.15) is 0 Å². The Hall–Kier alpha value is -1.46. The van der Waals surface area contributed by atoms with Gasteiger partial charge >= 0.3 is 5.97 Å². The van der Waals surface area contributed by atoms with Crippen molar-refractivity contribution in [2.45, 2.75) is 18.7 Å². The van der Waals surface area contributed by atoms with E-state index in [1.165, 1.54) is 0 Å². The molecule has 5 heteroatoms. The minimum absolute atomic E-state index is 0.231. The smallest absolute Gasteiger partial charge is 0.308 e. The summed E-state index contributed by atoms with van der Waals surface area (Å²) in [5.74, 6) is -1.49. The van der Waals surface area contributed by atoms with Gasteiger partial charge in [-0.1, -0.05) is 6.07 Å². The first-order valence-corrected chi connectivity index (χ1v) is 4.75. The van der Waals surface area contributed by atoms with Crippen molar-refractivity contribution in [3.63, 3.8) is 0 Å². The highest BCUT2D eigenvalue weighted by Gasteiger charge is 2.38. The standard InChI is InChI=1S/C10H12N2O3/c13-8-4-7(10(14)15)9(12-8)6-2-1-3-11-5-6/h1-3,5,7-9,12-13H,4H2,(H,14,15). The fraction of sp³-hybridized carbons (Fsp3) is 0.400. The Morgan fingerprint density at radius 1 is 1.60 bits per heavy atom. The van der Waals surface area contributed by atoms with Crippen LogP contribution >= 0.6 is 0 Å². The second-order valence-corrected chi connectivity index (χ2v) is 3.63. The minimum atomic E-state index is -0.895. The number of carboxylic acid groups (broad SMARTS) is 1. The highest BCUT2D eigenvalue weighted by Crippen LogP contribution is 2.31. The molecule has 1 aliphatic rings. The predicted molar refractivity (Wildman–Crippen MR) is 51.9 cm³/mol. The van der Waals surface area contributed by atoms with Crippen LogP contribution in [0.25, 0.3) is 0 Å². The third kappa shape index (κ3) is 1.98.